The monoisotopic (exact) mass is 274 g/mol. The lowest BCUT2D eigenvalue weighted by Crippen LogP contribution is -2.17. The molecule has 3 heterocycles. The molecular formula is C13H14N4OS. The standard InChI is InChI=1S/C13H14N4OS/c1-8-6-18-7-11(8)17-10(4-14)3-9-5-15-13(19-2)16-12(9)17/h3,5,8,11H,6-7H2,1-2H3. The van der Waals surface area contributed by atoms with Gasteiger partial charge in [-0.3, -0.25) is 0 Å². The molecule has 2 atom stereocenters. The van der Waals surface area contributed by atoms with Crippen LogP contribution in [0.25, 0.3) is 11.0 Å². The first-order valence-corrected chi connectivity index (χ1v) is 7.37. The van der Waals surface area contributed by atoms with Crippen molar-refractivity contribution < 1.29 is 4.74 Å². The molecule has 2 unspecified atom stereocenters. The first-order chi connectivity index (χ1) is 9.24. The average Bonchev–Trinajstić information content (AvgIpc) is 3.00. The van der Waals surface area contributed by atoms with Crippen molar-refractivity contribution in [3.8, 4) is 6.07 Å². The zero-order valence-electron chi connectivity index (χ0n) is 10.8. The Balaban J connectivity index is 2.22. The van der Waals surface area contributed by atoms with Gasteiger partial charge in [-0.15, -0.1) is 0 Å². The Kier molecular flexibility index (Phi) is 3.17. The second-order valence-corrected chi connectivity index (χ2v) is 5.50. The van der Waals surface area contributed by atoms with Gasteiger partial charge in [-0.2, -0.15) is 5.26 Å². The summed E-state index contributed by atoms with van der Waals surface area (Å²) in [5, 5.41) is 11.0. The van der Waals surface area contributed by atoms with Gasteiger partial charge in [-0.05, 0) is 12.3 Å². The minimum atomic E-state index is 0.178. The lowest BCUT2D eigenvalue weighted by Gasteiger charge is -2.17. The fraction of sp³-hybridized carbons (Fsp3) is 0.462. The first-order valence-electron chi connectivity index (χ1n) is 6.14. The van der Waals surface area contributed by atoms with Crippen molar-refractivity contribution in [2.45, 2.75) is 18.1 Å². The summed E-state index contributed by atoms with van der Waals surface area (Å²) < 4.78 is 7.53. The van der Waals surface area contributed by atoms with Crippen LogP contribution < -0.4 is 0 Å². The van der Waals surface area contributed by atoms with E-state index in [4.69, 9.17) is 4.74 Å². The fourth-order valence-corrected chi connectivity index (χ4v) is 2.83. The molecule has 0 aliphatic carbocycles. The Labute approximate surface area is 115 Å². The molecule has 5 nitrogen and oxygen atoms in total. The van der Waals surface area contributed by atoms with E-state index in [2.05, 4.69) is 23.0 Å². The van der Waals surface area contributed by atoms with Crippen LogP contribution in [0.3, 0.4) is 0 Å². The highest BCUT2D eigenvalue weighted by molar-refractivity contribution is 7.98. The van der Waals surface area contributed by atoms with Crippen molar-refractivity contribution in [2.75, 3.05) is 19.5 Å². The topological polar surface area (TPSA) is 63.7 Å². The van der Waals surface area contributed by atoms with Crippen LogP contribution in [-0.2, 0) is 4.74 Å². The number of fused-ring (bicyclic) bond motifs is 1. The maximum Gasteiger partial charge on any atom is 0.189 e. The van der Waals surface area contributed by atoms with E-state index in [1.807, 2.05) is 16.9 Å². The highest BCUT2D eigenvalue weighted by Crippen LogP contribution is 2.31. The zero-order valence-corrected chi connectivity index (χ0v) is 11.6. The third-order valence-electron chi connectivity index (χ3n) is 3.51. The summed E-state index contributed by atoms with van der Waals surface area (Å²) in [5.74, 6) is 0.385. The molecule has 6 heteroatoms. The van der Waals surface area contributed by atoms with E-state index in [0.717, 1.165) is 22.8 Å². The van der Waals surface area contributed by atoms with Gasteiger partial charge in [0.1, 0.15) is 17.4 Å². The predicted molar refractivity (Wildman–Crippen MR) is 73.0 cm³/mol. The first kappa shape index (κ1) is 12.5. The number of nitrogens with zero attached hydrogens (tertiary/aromatic N) is 4. The van der Waals surface area contributed by atoms with Gasteiger partial charge in [0.25, 0.3) is 0 Å². The van der Waals surface area contributed by atoms with E-state index in [1.165, 1.54) is 11.8 Å². The van der Waals surface area contributed by atoms with Crippen molar-refractivity contribution in [3.63, 3.8) is 0 Å². The van der Waals surface area contributed by atoms with Gasteiger partial charge in [0, 0.05) is 17.5 Å². The van der Waals surface area contributed by atoms with Crippen LogP contribution in [0.2, 0.25) is 0 Å². The molecule has 98 valence electrons. The molecule has 3 rings (SSSR count). The largest absolute Gasteiger partial charge is 0.379 e. The van der Waals surface area contributed by atoms with E-state index >= 15 is 0 Å². The van der Waals surface area contributed by atoms with Crippen LogP contribution in [-0.4, -0.2) is 34.0 Å². The lowest BCUT2D eigenvalue weighted by molar-refractivity contribution is 0.182. The minimum absolute atomic E-state index is 0.178. The second-order valence-electron chi connectivity index (χ2n) is 4.73. The summed E-state index contributed by atoms with van der Waals surface area (Å²) in [6, 6.07) is 4.28. The van der Waals surface area contributed by atoms with Crippen LogP contribution in [0.5, 0.6) is 0 Å². The number of hydrogen-bond donors (Lipinski definition) is 0. The molecule has 0 spiro atoms. The number of ether oxygens (including phenoxy) is 1. The van der Waals surface area contributed by atoms with Crippen molar-refractivity contribution in [3.05, 3.63) is 18.0 Å². The Morgan fingerprint density at radius 2 is 2.37 bits per heavy atom. The molecule has 1 aliphatic rings. The van der Waals surface area contributed by atoms with Crippen LogP contribution in [0.1, 0.15) is 18.7 Å². The normalized spacial score (nSPS) is 22.8. The molecule has 0 amide bonds. The molecule has 0 saturated carbocycles. The van der Waals surface area contributed by atoms with Gasteiger partial charge in [0.05, 0.1) is 19.3 Å². The average molecular weight is 274 g/mol. The Hall–Kier alpha value is -1.58. The number of rotatable bonds is 2. The molecule has 2 aromatic heterocycles. The van der Waals surface area contributed by atoms with Gasteiger partial charge in [0.15, 0.2) is 5.16 Å². The van der Waals surface area contributed by atoms with E-state index in [1.54, 1.807) is 6.20 Å². The Morgan fingerprint density at radius 3 is 3.00 bits per heavy atom. The van der Waals surface area contributed by atoms with Gasteiger partial charge in [0.2, 0.25) is 0 Å². The van der Waals surface area contributed by atoms with Crippen LogP contribution in [0.15, 0.2) is 17.4 Å². The number of hydrogen-bond acceptors (Lipinski definition) is 5. The summed E-state index contributed by atoms with van der Waals surface area (Å²) in [7, 11) is 0. The predicted octanol–water partition coefficient (Wildman–Crippen LogP) is 2.23. The van der Waals surface area contributed by atoms with Gasteiger partial charge in [-0.1, -0.05) is 18.7 Å². The van der Waals surface area contributed by atoms with Crippen molar-refractivity contribution >= 4 is 22.8 Å². The molecule has 0 radical (unpaired) electrons. The summed E-state index contributed by atoms with van der Waals surface area (Å²) in [5.41, 5.74) is 1.46. The molecular weight excluding hydrogens is 260 g/mol. The molecule has 0 bridgehead atoms. The summed E-state index contributed by atoms with van der Waals surface area (Å²) in [6.07, 6.45) is 3.73. The van der Waals surface area contributed by atoms with Crippen LogP contribution in [0, 0.1) is 17.2 Å². The molecule has 1 aliphatic heterocycles. The maximum atomic E-state index is 9.33. The second kappa shape index (κ2) is 4.83. The third-order valence-corrected chi connectivity index (χ3v) is 4.07. The highest BCUT2D eigenvalue weighted by atomic mass is 32.2. The molecule has 0 N–H and O–H groups in total. The van der Waals surface area contributed by atoms with Gasteiger partial charge in [-0.25, -0.2) is 9.97 Å². The van der Waals surface area contributed by atoms with Crippen LogP contribution in [0.4, 0.5) is 0 Å². The van der Waals surface area contributed by atoms with Crippen molar-refractivity contribution in [1.29, 1.82) is 5.26 Å². The maximum absolute atomic E-state index is 9.33. The van der Waals surface area contributed by atoms with Gasteiger partial charge >= 0.3 is 0 Å². The highest BCUT2D eigenvalue weighted by Gasteiger charge is 2.29. The molecule has 1 saturated heterocycles. The summed E-state index contributed by atoms with van der Waals surface area (Å²) in [6.45, 7) is 3.51. The molecule has 19 heavy (non-hydrogen) atoms. The molecule has 0 aromatic carbocycles. The zero-order chi connectivity index (χ0) is 13.4. The molecule has 2 aromatic rings. The van der Waals surface area contributed by atoms with E-state index in [-0.39, 0.29) is 6.04 Å². The van der Waals surface area contributed by atoms with E-state index in [0.29, 0.717) is 18.2 Å². The minimum Gasteiger partial charge on any atom is -0.379 e. The van der Waals surface area contributed by atoms with E-state index in [9.17, 15) is 5.26 Å². The number of nitriles is 1. The Bertz CT molecular complexity index is 660. The van der Waals surface area contributed by atoms with Crippen LogP contribution >= 0.6 is 11.8 Å². The smallest absolute Gasteiger partial charge is 0.189 e. The van der Waals surface area contributed by atoms with E-state index < -0.39 is 0 Å². The summed E-state index contributed by atoms with van der Waals surface area (Å²) in [4.78, 5) is 8.81. The van der Waals surface area contributed by atoms with Gasteiger partial charge < -0.3 is 9.30 Å². The SMILES string of the molecule is CSc1ncc2cc(C#N)n(C3COCC3C)c2n1. The van der Waals surface area contributed by atoms with Crippen molar-refractivity contribution in [2.24, 2.45) is 5.92 Å². The molecule has 1 fully saturated rings. The quantitative estimate of drug-likeness (QED) is 0.620. The van der Waals surface area contributed by atoms with Crippen molar-refractivity contribution in [1.82, 2.24) is 14.5 Å². The number of aromatic nitrogens is 3. The third kappa shape index (κ3) is 1.99. The number of thioether (sulfide) groups is 1. The lowest BCUT2D eigenvalue weighted by atomic mass is 10.1. The fourth-order valence-electron chi connectivity index (χ4n) is 2.49. The summed E-state index contributed by atoms with van der Waals surface area (Å²) >= 11 is 1.50. The Morgan fingerprint density at radius 1 is 1.53 bits per heavy atom.